The number of nitrogens with two attached hydrogens (primary N) is 1. The first kappa shape index (κ1) is 18.4. The monoisotopic (exact) mass is 361 g/mol. The lowest BCUT2D eigenvalue weighted by Crippen LogP contribution is -2.44. The van der Waals surface area contributed by atoms with Gasteiger partial charge in [-0.05, 0) is 51.7 Å². The predicted molar refractivity (Wildman–Crippen MR) is 97.6 cm³/mol. The average molecular weight is 361 g/mol. The standard InChI is InChI=1S/C18H27N5O3/c1-18(2,3)26-17(25)22-9-7-12(8-10-22)14(24)11-13-5-4-6-15-20-16(19)21-23(13)15/h4-6,12,14,24H,7-11H2,1-3H3,(H2,19,21). The van der Waals surface area contributed by atoms with Gasteiger partial charge < -0.3 is 20.5 Å². The Morgan fingerprint density at radius 2 is 2.08 bits per heavy atom. The molecule has 8 heteroatoms. The first-order valence-corrected chi connectivity index (χ1v) is 8.99. The number of carbonyl (C=O) groups excluding carboxylic acids is 1. The van der Waals surface area contributed by atoms with E-state index in [1.54, 1.807) is 9.42 Å². The van der Waals surface area contributed by atoms with Gasteiger partial charge in [-0.1, -0.05) is 6.07 Å². The van der Waals surface area contributed by atoms with Crippen LogP contribution in [0.2, 0.25) is 0 Å². The highest BCUT2D eigenvalue weighted by Gasteiger charge is 2.30. The Labute approximate surface area is 152 Å². The average Bonchev–Trinajstić information content (AvgIpc) is 2.95. The van der Waals surface area contributed by atoms with Gasteiger partial charge in [-0.3, -0.25) is 0 Å². The second-order valence-corrected chi connectivity index (χ2v) is 7.83. The number of likely N-dealkylation sites (tertiary alicyclic amines) is 1. The molecule has 1 saturated heterocycles. The molecule has 0 aliphatic carbocycles. The number of carbonyl (C=O) groups is 1. The Morgan fingerprint density at radius 1 is 1.38 bits per heavy atom. The Hall–Kier alpha value is -2.35. The van der Waals surface area contributed by atoms with Crippen LogP contribution in [0, 0.1) is 5.92 Å². The number of aromatic nitrogens is 3. The van der Waals surface area contributed by atoms with Crippen LogP contribution in [-0.2, 0) is 11.2 Å². The van der Waals surface area contributed by atoms with Gasteiger partial charge in [0.05, 0.1) is 6.10 Å². The Kier molecular flexibility index (Phi) is 5.04. The molecule has 3 heterocycles. The molecule has 1 unspecified atom stereocenters. The van der Waals surface area contributed by atoms with Crippen molar-refractivity contribution in [3.8, 4) is 0 Å². The molecule has 1 aliphatic heterocycles. The summed E-state index contributed by atoms with van der Waals surface area (Å²) >= 11 is 0. The summed E-state index contributed by atoms with van der Waals surface area (Å²) in [5.74, 6) is 0.349. The molecular formula is C18H27N5O3. The minimum Gasteiger partial charge on any atom is -0.444 e. The van der Waals surface area contributed by atoms with Gasteiger partial charge in [-0.25, -0.2) is 9.31 Å². The van der Waals surface area contributed by atoms with Crippen LogP contribution in [0.3, 0.4) is 0 Å². The third-order valence-corrected chi connectivity index (χ3v) is 4.61. The van der Waals surface area contributed by atoms with Crippen molar-refractivity contribution >= 4 is 17.7 Å². The summed E-state index contributed by atoms with van der Waals surface area (Å²) in [5, 5.41) is 14.9. The fraction of sp³-hybridized carbons (Fsp3) is 0.611. The number of ether oxygens (including phenoxy) is 1. The second kappa shape index (κ2) is 7.11. The molecule has 1 atom stereocenters. The largest absolute Gasteiger partial charge is 0.444 e. The second-order valence-electron chi connectivity index (χ2n) is 7.83. The highest BCUT2D eigenvalue weighted by Crippen LogP contribution is 2.24. The summed E-state index contributed by atoms with van der Waals surface area (Å²) in [6, 6.07) is 5.63. The first-order chi connectivity index (χ1) is 12.2. The van der Waals surface area contributed by atoms with E-state index in [1.165, 1.54) is 0 Å². The number of hydrogen-bond donors (Lipinski definition) is 2. The number of amides is 1. The summed E-state index contributed by atoms with van der Waals surface area (Å²) < 4.78 is 7.09. The van der Waals surface area contributed by atoms with Crippen LogP contribution in [0.1, 0.15) is 39.3 Å². The number of pyridine rings is 1. The number of rotatable bonds is 3. The first-order valence-electron chi connectivity index (χ1n) is 8.99. The van der Waals surface area contributed by atoms with Gasteiger partial charge in [0.2, 0.25) is 5.95 Å². The van der Waals surface area contributed by atoms with E-state index in [1.807, 2.05) is 39.0 Å². The molecule has 26 heavy (non-hydrogen) atoms. The van der Waals surface area contributed by atoms with E-state index in [0.29, 0.717) is 25.2 Å². The molecule has 1 fully saturated rings. The zero-order valence-corrected chi connectivity index (χ0v) is 15.6. The molecule has 1 amide bonds. The zero-order chi connectivity index (χ0) is 18.9. The molecule has 0 spiro atoms. The van der Waals surface area contributed by atoms with Gasteiger partial charge in [0.1, 0.15) is 5.60 Å². The Morgan fingerprint density at radius 3 is 2.73 bits per heavy atom. The van der Waals surface area contributed by atoms with E-state index in [4.69, 9.17) is 10.5 Å². The molecule has 8 nitrogen and oxygen atoms in total. The van der Waals surface area contributed by atoms with Gasteiger partial charge in [-0.15, -0.1) is 5.10 Å². The summed E-state index contributed by atoms with van der Waals surface area (Å²) in [5.41, 5.74) is 6.71. The van der Waals surface area contributed by atoms with Crippen molar-refractivity contribution in [2.24, 2.45) is 5.92 Å². The smallest absolute Gasteiger partial charge is 0.410 e. The number of aliphatic hydroxyl groups is 1. The number of nitrogens with zero attached hydrogens (tertiary/aromatic N) is 4. The van der Waals surface area contributed by atoms with Crippen LogP contribution in [0.4, 0.5) is 10.7 Å². The number of piperidine rings is 1. The van der Waals surface area contributed by atoms with Crippen LogP contribution in [0.15, 0.2) is 18.2 Å². The maximum atomic E-state index is 12.1. The normalized spacial score (nSPS) is 17.5. The van der Waals surface area contributed by atoms with Crippen molar-refractivity contribution in [3.05, 3.63) is 23.9 Å². The van der Waals surface area contributed by atoms with E-state index in [2.05, 4.69) is 10.1 Å². The molecule has 3 N–H and O–H groups in total. The summed E-state index contributed by atoms with van der Waals surface area (Å²) in [7, 11) is 0. The van der Waals surface area contributed by atoms with E-state index in [9.17, 15) is 9.90 Å². The van der Waals surface area contributed by atoms with E-state index in [0.717, 1.165) is 18.5 Å². The topological polar surface area (TPSA) is 106 Å². The van der Waals surface area contributed by atoms with Gasteiger partial charge in [0, 0.05) is 25.2 Å². The summed E-state index contributed by atoms with van der Waals surface area (Å²) in [6.07, 6.45) is 1.17. The van der Waals surface area contributed by atoms with Crippen molar-refractivity contribution in [3.63, 3.8) is 0 Å². The molecule has 0 radical (unpaired) electrons. The Bertz CT molecular complexity index is 775. The van der Waals surface area contributed by atoms with Gasteiger partial charge in [0.25, 0.3) is 0 Å². The van der Waals surface area contributed by atoms with Gasteiger partial charge >= 0.3 is 6.09 Å². The van der Waals surface area contributed by atoms with Crippen molar-refractivity contribution in [2.75, 3.05) is 18.8 Å². The van der Waals surface area contributed by atoms with Gasteiger partial charge in [0.15, 0.2) is 5.65 Å². The number of hydrogen-bond acceptors (Lipinski definition) is 6. The van der Waals surface area contributed by atoms with Crippen LogP contribution in [-0.4, -0.2) is 55.5 Å². The third-order valence-electron chi connectivity index (χ3n) is 4.61. The predicted octanol–water partition coefficient (Wildman–Crippen LogP) is 1.86. The maximum absolute atomic E-state index is 12.1. The molecule has 2 aromatic heterocycles. The molecule has 2 aromatic rings. The number of anilines is 1. The van der Waals surface area contributed by atoms with Crippen LogP contribution >= 0.6 is 0 Å². The molecule has 0 saturated carbocycles. The Balaban J connectivity index is 1.58. The third kappa shape index (κ3) is 4.24. The molecule has 1 aliphatic rings. The SMILES string of the molecule is CC(C)(C)OC(=O)N1CCC(C(O)Cc2cccc3nc(N)nn23)CC1. The lowest BCUT2D eigenvalue weighted by molar-refractivity contribution is 0.00784. The van der Waals surface area contributed by atoms with E-state index in [-0.39, 0.29) is 18.0 Å². The van der Waals surface area contributed by atoms with Crippen molar-refractivity contribution in [1.82, 2.24) is 19.5 Å². The van der Waals surface area contributed by atoms with Gasteiger partial charge in [-0.2, -0.15) is 4.98 Å². The molecule has 3 rings (SSSR count). The van der Waals surface area contributed by atoms with Crippen molar-refractivity contribution < 1.29 is 14.6 Å². The lowest BCUT2D eigenvalue weighted by Gasteiger charge is -2.35. The van der Waals surface area contributed by atoms with Crippen LogP contribution in [0.5, 0.6) is 0 Å². The quantitative estimate of drug-likeness (QED) is 0.864. The number of fused-ring (bicyclic) bond motifs is 1. The lowest BCUT2D eigenvalue weighted by atomic mass is 9.89. The highest BCUT2D eigenvalue weighted by atomic mass is 16.6. The van der Waals surface area contributed by atoms with E-state index < -0.39 is 11.7 Å². The molecular weight excluding hydrogens is 334 g/mol. The number of aliphatic hydroxyl groups excluding tert-OH is 1. The zero-order valence-electron chi connectivity index (χ0n) is 15.6. The fourth-order valence-corrected chi connectivity index (χ4v) is 3.30. The minimum atomic E-state index is -0.508. The molecule has 0 bridgehead atoms. The fourth-order valence-electron chi connectivity index (χ4n) is 3.30. The molecule has 142 valence electrons. The van der Waals surface area contributed by atoms with E-state index >= 15 is 0 Å². The van der Waals surface area contributed by atoms with Crippen LogP contribution < -0.4 is 5.73 Å². The maximum Gasteiger partial charge on any atom is 0.410 e. The highest BCUT2D eigenvalue weighted by molar-refractivity contribution is 5.68. The van der Waals surface area contributed by atoms with Crippen LogP contribution in [0.25, 0.3) is 5.65 Å². The summed E-state index contributed by atoms with van der Waals surface area (Å²) in [4.78, 5) is 18.0. The van der Waals surface area contributed by atoms with Crippen molar-refractivity contribution in [1.29, 1.82) is 0 Å². The summed E-state index contributed by atoms with van der Waals surface area (Å²) in [6.45, 7) is 6.77. The van der Waals surface area contributed by atoms with Crippen molar-refractivity contribution in [2.45, 2.75) is 51.7 Å². The minimum absolute atomic E-state index is 0.129. The number of nitrogen functional groups attached to an aromatic ring is 1. The molecule has 0 aromatic carbocycles.